The van der Waals surface area contributed by atoms with Gasteiger partial charge in [0.05, 0.1) is 10.6 Å². The van der Waals surface area contributed by atoms with Crippen LogP contribution in [0.3, 0.4) is 0 Å². The van der Waals surface area contributed by atoms with Crippen LogP contribution in [0.25, 0.3) is 0 Å². The number of fused-ring (bicyclic) bond motifs is 1. The molecule has 0 aromatic heterocycles. The van der Waals surface area contributed by atoms with Gasteiger partial charge < -0.3 is 0 Å². The summed E-state index contributed by atoms with van der Waals surface area (Å²) in [4.78, 5) is -1.20. The van der Waals surface area contributed by atoms with Crippen LogP contribution in [0.1, 0.15) is 12.5 Å². The van der Waals surface area contributed by atoms with Gasteiger partial charge in [0.25, 0.3) is 10.0 Å². The van der Waals surface area contributed by atoms with Gasteiger partial charge in [-0.1, -0.05) is 0 Å². The fourth-order valence-electron chi connectivity index (χ4n) is 2.94. The second kappa shape index (κ2) is 5.96. The number of sulfonamides is 2. The van der Waals surface area contributed by atoms with Gasteiger partial charge in [0.2, 0.25) is 10.0 Å². The number of benzene rings is 2. The van der Waals surface area contributed by atoms with Crippen LogP contribution < -0.4 is 9.44 Å². The summed E-state index contributed by atoms with van der Waals surface area (Å²) in [6, 6.07) is 4.06. The summed E-state index contributed by atoms with van der Waals surface area (Å²) in [6.07, 6.45) is 0.142. The van der Waals surface area contributed by atoms with E-state index in [4.69, 9.17) is 5.14 Å². The summed E-state index contributed by atoms with van der Waals surface area (Å²) in [5, 5.41) is 5.06. The molecule has 0 spiro atoms. The lowest BCUT2D eigenvalue weighted by Crippen LogP contribution is -2.36. The van der Waals surface area contributed by atoms with E-state index in [-0.39, 0.29) is 17.0 Å². The number of halogens is 3. The molecule has 11 heteroatoms. The molecule has 2 aromatic carbocycles. The molecule has 0 unspecified atom stereocenters. The first-order chi connectivity index (χ1) is 11.9. The quantitative estimate of drug-likeness (QED) is 0.787. The van der Waals surface area contributed by atoms with Crippen molar-refractivity contribution in [2.24, 2.45) is 5.14 Å². The first kappa shape index (κ1) is 18.7. The number of nitrogens with two attached hydrogens (primary N) is 1. The predicted octanol–water partition coefficient (Wildman–Crippen LogP) is 1.89. The van der Waals surface area contributed by atoms with Crippen LogP contribution in [0.4, 0.5) is 18.9 Å². The lowest BCUT2D eigenvalue weighted by Gasteiger charge is -2.24. The van der Waals surface area contributed by atoms with Crippen LogP contribution in [0.2, 0.25) is 0 Å². The molecule has 0 bridgehead atoms. The van der Waals surface area contributed by atoms with Crippen molar-refractivity contribution >= 4 is 25.7 Å². The van der Waals surface area contributed by atoms with Gasteiger partial charge in [-0.2, -0.15) is 0 Å². The Bertz CT molecular complexity index is 1120. The highest BCUT2D eigenvalue weighted by atomic mass is 32.2. The predicted molar refractivity (Wildman–Crippen MR) is 87.0 cm³/mol. The Hall–Kier alpha value is -2.11. The van der Waals surface area contributed by atoms with Gasteiger partial charge >= 0.3 is 0 Å². The molecule has 2 N–H and O–H groups in total. The smallest absolute Gasteiger partial charge is 0.263 e. The molecule has 0 saturated heterocycles. The molecule has 3 rings (SSSR count). The summed E-state index contributed by atoms with van der Waals surface area (Å²) in [7, 11) is -8.53. The number of hydrogen-bond donors (Lipinski definition) is 1. The Balaban J connectivity index is 2.16. The minimum atomic E-state index is -4.55. The Morgan fingerprint density at radius 2 is 1.69 bits per heavy atom. The van der Waals surface area contributed by atoms with E-state index >= 15 is 0 Å². The maximum absolute atomic E-state index is 14.0. The lowest BCUT2D eigenvalue weighted by atomic mass is 10.1. The highest BCUT2D eigenvalue weighted by Crippen LogP contribution is 2.38. The highest BCUT2D eigenvalue weighted by Gasteiger charge is 2.38. The van der Waals surface area contributed by atoms with Crippen molar-refractivity contribution < 1.29 is 30.0 Å². The molecule has 140 valence electrons. The summed E-state index contributed by atoms with van der Waals surface area (Å²) in [5.41, 5.74) is 0.490. The topological polar surface area (TPSA) is 97.5 Å². The van der Waals surface area contributed by atoms with Gasteiger partial charge in [-0.25, -0.2) is 35.1 Å². The molecule has 0 radical (unpaired) electrons. The Labute approximate surface area is 148 Å². The minimum Gasteiger partial charge on any atom is -0.263 e. The Kier molecular flexibility index (Phi) is 4.28. The molecule has 2 aromatic rings. The maximum Gasteiger partial charge on any atom is 0.267 e. The van der Waals surface area contributed by atoms with Crippen molar-refractivity contribution in [2.45, 2.75) is 29.2 Å². The standard InChI is InChI=1S/C15H13F3N2O4S2/c1-8-6-9-7-10(25(19,21)22)2-4-12(9)20(8)26(23,24)13-5-3-11(16)14(17)15(13)18/h2-5,7-8H,6H2,1H3,(H2,19,21,22)/t8-/m1/s1. The van der Waals surface area contributed by atoms with Gasteiger partial charge in [0.1, 0.15) is 4.90 Å². The van der Waals surface area contributed by atoms with Crippen LogP contribution in [-0.4, -0.2) is 22.9 Å². The second-order valence-electron chi connectivity index (χ2n) is 5.86. The molecule has 1 aliphatic rings. The zero-order valence-corrected chi connectivity index (χ0v) is 14.9. The first-order valence-electron chi connectivity index (χ1n) is 7.28. The number of anilines is 1. The van der Waals surface area contributed by atoms with Gasteiger partial charge in [-0.15, -0.1) is 0 Å². The van der Waals surface area contributed by atoms with Gasteiger partial charge in [-0.05, 0) is 49.2 Å². The first-order valence-corrected chi connectivity index (χ1v) is 10.3. The van der Waals surface area contributed by atoms with E-state index in [2.05, 4.69) is 0 Å². The van der Waals surface area contributed by atoms with E-state index in [1.807, 2.05) is 0 Å². The fraction of sp³-hybridized carbons (Fsp3) is 0.200. The summed E-state index contributed by atoms with van der Waals surface area (Å²) in [5.74, 6) is -5.20. The van der Waals surface area contributed by atoms with Crippen LogP contribution in [0.5, 0.6) is 0 Å². The number of nitrogens with zero attached hydrogens (tertiary/aromatic N) is 1. The van der Waals surface area contributed by atoms with E-state index in [0.717, 1.165) is 10.4 Å². The summed E-state index contributed by atoms with van der Waals surface area (Å²) in [6.45, 7) is 1.52. The van der Waals surface area contributed by atoms with Gasteiger partial charge in [0.15, 0.2) is 17.5 Å². The van der Waals surface area contributed by atoms with Crippen molar-refractivity contribution in [1.82, 2.24) is 0 Å². The van der Waals surface area contributed by atoms with Crippen molar-refractivity contribution in [2.75, 3.05) is 4.31 Å². The molecule has 1 aliphatic heterocycles. The number of primary sulfonamides is 1. The molecular weight excluding hydrogens is 393 g/mol. The molecule has 6 nitrogen and oxygen atoms in total. The monoisotopic (exact) mass is 406 g/mol. The Morgan fingerprint density at radius 1 is 1.04 bits per heavy atom. The largest absolute Gasteiger partial charge is 0.267 e. The molecule has 1 heterocycles. The van der Waals surface area contributed by atoms with Crippen LogP contribution in [0, 0.1) is 17.5 Å². The second-order valence-corrected chi connectivity index (χ2v) is 9.21. The summed E-state index contributed by atoms with van der Waals surface area (Å²) >= 11 is 0. The van der Waals surface area contributed by atoms with Crippen molar-refractivity contribution in [3.63, 3.8) is 0 Å². The molecule has 0 aliphatic carbocycles. The van der Waals surface area contributed by atoms with Crippen LogP contribution >= 0.6 is 0 Å². The lowest BCUT2D eigenvalue weighted by molar-refractivity contribution is 0.432. The van der Waals surface area contributed by atoms with Crippen LogP contribution in [0.15, 0.2) is 40.1 Å². The van der Waals surface area contributed by atoms with E-state index in [9.17, 15) is 30.0 Å². The zero-order valence-electron chi connectivity index (χ0n) is 13.3. The van der Waals surface area contributed by atoms with E-state index in [1.54, 1.807) is 0 Å². The van der Waals surface area contributed by atoms with Crippen molar-refractivity contribution in [3.8, 4) is 0 Å². The van der Waals surface area contributed by atoms with Crippen LogP contribution in [-0.2, 0) is 26.5 Å². The molecule has 0 fully saturated rings. The van der Waals surface area contributed by atoms with E-state index < -0.39 is 48.4 Å². The molecule has 0 saturated carbocycles. The fourth-order valence-corrected chi connectivity index (χ4v) is 5.25. The average Bonchev–Trinajstić information content (AvgIpc) is 2.87. The van der Waals surface area contributed by atoms with Crippen molar-refractivity contribution in [3.05, 3.63) is 53.3 Å². The average molecular weight is 406 g/mol. The van der Waals surface area contributed by atoms with E-state index in [0.29, 0.717) is 17.7 Å². The van der Waals surface area contributed by atoms with Gasteiger partial charge in [-0.3, -0.25) is 4.31 Å². The van der Waals surface area contributed by atoms with Crippen molar-refractivity contribution in [1.29, 1.82) is 0 Å². The van der Waals surface area contributed by atoms with Gasteiger partial charge in [0, 0.05) is 6.04 Å². The Morgan fingerprint density at radius 3 is 2.31 bits per heavy atom. The third kappa shape index (κ3) is 2.85. The molecule has 26 heavy (non-hydrogen) atoms. The third-order valence-corrected chi connectivity index (χ3v) is 6.93. The minimum absolute atomic E-state index is 0.119. The molecule has 0 amide bonds. The zero-order chi connectivity index (χ0) is 19.4. The highest BCUT2D eigenvalue weighted by molar-refractivity contribution is 7.93. The van der Waals surface area contributed by atoms with E-state index in [1.165, 1.54) is 19.1 Å². The number of hydrogen-bond acceptors (Lipinski definition) is 4. The number of rotatable bonds is 3. The SMILES string of the molecule is C[C@@H]1Cc2cc(S(N)(=O)=O)ccc2N1S(=O)(=O)c1ccc(F)c(F)c1F. The summed E-state index contributed by atoms with van der Waals surface area (Å²) < 4.78 is 90.0. The molecular formula is C15H13F3N2O4S2. The normalized spacial score (nSPS) is 17.4. The maximum atomic E-state index is 14.0. The third-order valence-electron chi connectivity index (χ3n) is 4.07. The molecule has 1 atom stereocenters.